The van der Waals surface area contributed by atoms with Crippen molar-refractivity contribution in [3.8, 4) is 0 Å². The van der Waals surface area contributed by atoms with Crippen molar-refractivity contribution in [2.75, 3.05) is 13.1 Å². The Morgan fingerprint density at radius 2 is 2.05 bits per heavy atom. The van der Waals surface area contributed by atoms with Gasteiger partial charge in [0.15, 0.2) is 0 Å². The van der Waals surface area contributed by atoms with Crippen molar-refractivity contribution in [2.45, 2.75) is 32.5 Å². The van der Waals surface area contributed by atoms with Gasteiger partial charge < -0.3 is 10.3 Å². The van der Waals surface area contributed by atoms with Gasteiger partial charge in [-0.2, -0.15) is 0 Å². The standard InChI is InChI=1S/C16H22N4/c17-7-9-20-12-16(18-13-20)11-19-8-3-6-14-4-1-2-5-15(14)10-19/h1-2,4-5,12-13H,3,6-11,17H2. The van der Waals surface area contributed by atoms with Crippen LogP contribution in [0.3, 0.4) is 0 Å². The third-order valence-electron chi connectivity index (χ3n) is 3.89. The van der Waals surface area contributed by atoms with Gasteiger partial charge >= 0.3 is 0 Å². The maximum absolute atomic E-state index is 5.57. The predicted octanol–water partition coefficient (Wildman–Crippen LogP) is 1.79. The number of nitrogens with two attached hydrogens (primary N) is 1. The molecule has 1 aliphatic rings. The Morgan fingerprint density at radius 1 is 1.20 bits per heavy atom. The fourth-order valence-electron chi connectivity index (χ4n) is 2.89. The number of nitrogens with zero attached hydrogens (tertiary/aromatic N) is 3. The van der Waals surface area contributed by atoms with E-state index in [-0.39, 0.29) is 0 Å². The van der Waals surface area contributed by atoms with Crippen molar-refractivity contribution in [1.82, 2.24) is 14.5 Å². The Hall–Kier alpha value is -1.65. The molecule has 0 atom stereocenters. The number of aryl methyl sites for hydroxylation is 1. The summed E-state index contributed by atoms with van der Waals surface area (Å²) in [5.41, 5.74) is 9.67. The molecule has 4 nitrogen and oxygen atoms in total. The van der Waals surface area contributed by atoms with Crippen molar-refractivity contribution in [1.29, 1.82) is 0 Å². The topological polar surface area (TPSA) is 47.1 Å². The van der Waals surface area contributed by atoms with Crippen molar-refractivity contribution >= 4 is 0 Å². The van der Waals surface area contributed by atoms with E-state index in [9.17, 15) is 0 Å². The van der Waals surface area contributed by atoms with Crippen LogP contribution in [0.15, 0.2) is 36.8 Å². The molecule has 0 radical (unpaired) electrons. The monoisotopic (exact) mass is 270 g/mol. The van der Waals surface area contributed by atoms with Crippen LogP contribution in [-0.2, 0) is 26.1 Å². The summed E-state index contributed by atoms with van der Waals surface area (Å²) in [6.45, 7) is 4.59. The molecule has 2 heterocycles. The van der Waals surface area contributed by atoms with E-state index < -0.39 is 0 Å². The molecule has 106 valence electrons. The van der Waals surface area contributed by atoms with Crippen LogP contribution in [-0.4, -0.2) is 27.5 Å². The first kappa shape index (κ1) is 13.3. The van der Waals surface area contributed by atoms with E-state index in [0.29, 0.717) is 6.54 Å². The Bertz CT molecular complexity index is 561. The molecule has 20 heavy (non-hydrogen) atoms. The smallest absolute Gasteiger partial charge is 0.0950 e. The summed E-state index contributed by atoms with van der Waals surface area (Å²) in [6.07, 6.45) is 6.41. The summed E-state index contributed by atoms with van der Waals surface area (Å²) in [7, 11) is 0. The molecule has 0 aliphatic carbocycles. The Labute approximate surface area is 120 Å². The lowest BCUT2D eigenvalue weighted by Gasteiger charge is -2.19. The summed E-state index contributed by atoms with van der Waals surface area (Å²) in [6, 6.07) is 8.79. The molecule has 3 rings (SSSR count). The lowest BCUT2D eigenvalue weighted by molar-refractivity contribution is 0.258. The lowest BCUT2D eigenvalue weighted by Crippen LogP contribution is -2.22. The van der Waals surface area contributed by atoms with E-state index in [1.807, 2.05) is 6.33 Å². The number of imidazole rings is 1. The molecular weight excluding hydrogens is 248 g/mol. The fraction of sp³-hybridized carbons (Fsp3) is 0.438. The van der Waals surface area contributed by atoms with Crippen LogP contribution in [0.2, 0.25) is 0 Å². The lowest BCUT2D eigenvalue weighted by atomic mass is 10.0. The van der Waals surface area contributed by atoms with Crippen molar-refractivity contribution in [3.05, 3.63) is 53.6 Å². The largest absolute Gasteiger partial charge is 0.336 e. The van der Waals surface area contributed by atoms with E-state index in [1.54, 1.807) is 0 Å². The van der Waals surface area contributed by atoms with Crippen LogP contribution in [0, 0.1) is 0 Å². The summed E-state index contributed by atoms with van der Waals surface area (Å²) in [5, 5.41) is 0. The number of fused-ring (bicyclic) bond motifs is 1. The summed E-state index contributed by atoms with van der Waals surface area (Å²) in [5.74, 6) is 0. The van der Waals surface area contributed by atoms with E-state index in [0.717, 1.165) is 31.9 Å². The number of hydrogen-bond acceptors (Lipinski definition) is 3. The van der Waals surface area contributed by atoms with E-state index >= 15 is 0 Å². The summed E-state index contributed by atoms with van der Waals surface area (Å²) >= 11 is 0. The highest BCUT2D eigenvalue weighted by Gasteiger charge is 2.14. The molecule has 0 fully saturated rings. The second-order valence-corrected chi connectivity index (χ2v) is 5.47. The Kier molecular flexibility index (Phi) is 4.14. The van der Waals surface area contributed by atoms with Crippen LogP contribution in [0.1, 0.15) is 23.2 Å². The predicted molar refractivity (Wildman–Crippen MR) is 80.2 cm³/mol. The maximum atomic E-state index is 5.57. The summed E-state index contributed by atoms with van der Waals surface area (Å²) in [4.78, 5) is 6.97. The van der Waals surface area contributed by atoms with Crippen LogP contribution < -0.4 is 5.73 Å². The zero-order chi connectivity index (χ0) is 13.8. The van der Waals surface area contributed by atoms with Crippen molar-refractivity contribution in [3.63, 3.8) is 0 Å². The maximum Gasteiger partial charge on any atom is 0.0950 e. The molecule has 0 amide bonds. The van der Waals surface area contributed by atoms with Crippen molar-refractivity contribution < 1.29 is 0 Å². The SMILES string of the molecule is NCCn1cnc(CN2CCCc3ccccc3C2)c1. The molecule has 4 heteroatoms. The van der Waals surface area contributed by atoms with Crippen LogP contribution in [0.4, 0.5) is 0 Å². The molecular formula is C16H22N4. The van der Waals surface area contributed by atoms with Crippen molar-refractivity contribution in [2.24, 2.45) is 5.73 Å². The van der Waals surface area contributed by atoms with Crippen LogP contribution in [0.5, 0.6) is 0 Å². The zero-order valence-electron chi connectivity index (χ0n) is 11.8. The Morgan fingerprint density at radius 3 is 2.90 bits per heavy atom. The molecule has 0 unspecified atom stereocenters. The van der Waals surface area contributed by atoms with Gasteiger partial charge in [0.2, 0.25) is 0 Å². The normalized spacial score (nSPS) is 15.8. The van der Waals surface area contributed by atoms with Gasteiger partial charge in [-0.05, 0) is 30.5 Å². The summed E-state index contributed by atoms with van der Waals surface area (Å²) < 4.78 is 2.07. The Balaban J connectivity index is 1.68. The first-order chi connectivity index (χ1) is 9.85. The van der Waals surface area contributed by atoms with E-state index in [4.69, 9.17) is 5.73 Å². The van der Waals surface area contributed by atoms with Gasteiger partial charge in [0.25, 0.3) is 0 Å². The number of rotatable bonds is 4. The fourth-order valence-corrected chi connectivity index (χ4v) is 2.89. The van der Waals surface area contributed by atoms with Gasteiger partial charge in [-0.3, -0.25) is 4.90 Å². The first-order valence-corrected chi connectivity index (χ1v) is 7.35. The highest BCUT2D eigenvalue weighted by molar-refractivity contribution is 5.28. The molecule has 0 spiro atoms. The van der Waals surface area contributed by atoms with Gasteiger partial charge in [0, 0.05) is 32.4 Å². The van der Waals surface area contributed by atoms with Crippen LogP contribution >= 0.6 is 0 Å². The van der Waals surface area contributed by atoms with Gasteiger partial charge in [0.05, 0.1) is 12.0 Å². The first-order valence-electron chi connectivity index (χ1n) is 7.35. The van der Waals surface area contributed by atoms with E-state index in [1.165, 1.54) is 24.0 Å². The highest BCUT2D eigenvalue weighted by Crippen LogP contribution is 2.19. The second kappa shape index (κ2) is 6.20. The zero-order valence-corrected chi connectivity index (χ0v) is 11.8. The molecule has 1 aromatic carbocycles. The minimum atomic E-state index is 0.660. The minimum Gasteiger partial charge on any atom is -0.336 e. The quantitative estimate of drug-likeness (QED) is 0.921. The molecule has 0 bridgehead atoms. The van der Waals surface area contributed by atoms with Gasteiger partial charge in [-0.25, -0.2) is 4.98 Å². The van der Waals surface area contributed by atoms with Gasteiger partial charge in [-0.15, -0.1) is 0 Å². The highest BCUT2D eigenvalue weighted by atomic mass is 15.1. The molecule has 2 N–H and O–H groups in total. The molecule has 1 aliphatic heterocycles. The third kappa shape index (κ3) is 3.08. The number of hydrogen-bond donors (Lipinski definition) is 1. The second-order valence-electron chi connectivity index (χ2n) is 5.47. The van der Waals surface area contributed by atoms with Gasteiger partial charge in [0.1, 0.15) is 0 Å². The van der Waals surface area contributed by atoms with E-state index in [2.05, 4.69) is 44.9 Å². The average molecular weight is 270 g/mol. The number of aromatic nitrogens is 2. The number of benzene rings is 1. The molecule has 1 aromatic heterocycles. The molecule has 2 aromatic rings. The van der Waals surface area contributed by atoms with Gasteiger partial charge in [-0.1, -0.05) is 24.3 Å². The van der Waals surface area contributed by atoms with Crippen LogP contribution in [0.25, 0.3) is 0 Å². The average Bonchev–Trinajstić information content (AvgIpc) is 2.78. The third-order valence-corrected chi connectivity index (χ3v) is 3.89. The molecule has 0 saturated heterocycles. The molecule has 0 saturated carbocycles. The minimum absolute atomic E-state index is 0.660.